The molecule has 0 bridgehead atoms. The van der Waals surface area contributed by atoms with Gasteiger partial charge in [-0.15, -0.1) is 0 Å². The summed E-state index contributed by atoms with van der Waals surface area (Å²) in [5.41, 5.74) is 7.58. The van der Waals surface area contributed by atoms with Gasteiger partial charge in [0.15, 0.2) is 0 Å². The van der Waals surface area contributed by atoms with E-state index >= 15 is 0 Å². The molecule has 1 atom stereocenters. The summed E-state index contributed by atoms with van der Waals surface area (Å²) >= 11 is 0. The highest BCUT2D eigenvalue weighted by molar-refractivity contribution is 5.29. The molecule has 0 saturated heterocycles. The van der Waals surface area contributed by atoms with Crippen molar-refractivity contribution in [3.05, 3.63) is 29.8 Å². The summed E-state index contributed by atoms with van der Waals surface area (Å²) in [6.07, 6.45) is 4.82. The summed E-state index contributed by atoms with van der Waals surface area (Å²) < 4.78 is 5.16. The predicted octanol–water partition coefficient (Wildman–Crippen LogP) is 3.91. The molecule has 17 heavy (non-hydrogen) atoms. The molecule has 2 nitrogen and oxygen atoms in total. The van der Waals surface area contributed by atoms with Crippen LogP contribution in [0.4, 0.5) is 0 Å². The van der Waals surface area contributed by atoms with E-state index in [9.17, 15) is 0 Å². The fraction of sp³-hybridized carbons (Fsp3) is 0.600. The number of hydrogen-bond acceptors (Lipinski definition) is 2. The third kappa shape index (κ3) is 4.04. The van der Waals surface area contributed by atoms with E-state index in [4.69, 9.17) is 10.5 Å². The first kappa shape index (κ1) is 14.0. The van der Waals surface area contributed by atoms with E-state index in [1.165, 1.54) is 31.2 Å². The molecule has 0 aromatic heterocycles. The summed E-state index contributed by atoms with van der Waals surface area (Å²) in [4.78, 5) is 0. The van der Waals surface area contributed by atoms with Gasteiger partial charge in [0.25, 0.3) is 0 Å². The maximum Gasteiger partial charge on any atom is 0.118 e. The van der Waals surface area contributed by atoms with Crippen molar-refractivity contribution < 1.29 is 4.74 Å². The molecular weight excluding hydrogens is 210 g/mol. The molecule has 0 saturated carbocycles. The van der Waals surface area contributed by atoms with Crippen LogP contribution < -0.4 is 10.5 Å². The Labute approximate surface area is 105 Å². The standard InChI is InChI=1S/C15H25NO/c1-4-6-12(7-5-2)15(16)13-8-10-14(17-3)11-9-13/h8-12,15H,4-7,16H2,1-3H3. The molecule has 1 aromatic rings. The Hall–Kier alpha value is -1.02. The fourth-order valence-corrected chi connectivity index (χ4v) is 2.34. The van der Waals surface area contributed by atoms with Crippen LogP contribution in [0.3, 0.4) is 0 Å². The van der Waals surface area contributed by atoms with E-state index in [-0.39, 0.29) is 6.04 Å². The van der Waals surface area contributed by atoms with Gasteiger partial charge < -0.3 is 10.5 Å². The molecule has 0 aliphatic heterocycles. The van der Waals surface area contributed by atoms with E-state index in [1.807, 2.05) is 12.1 Å². The van der Waals surface area contributed by atoms with Crippen molar-refractivity contribution >= 4 is 0 Å². The van der Waals surface area contributed by atoms with Crippen LogP contribution in [0.1, 0.15) is 51.1 Å². The smallest absolute Gasteiger partial charge is 0.118 e. The molecule has 0 spiro atoms. The second kappa shape index (κ2) is 7.33. The Balaban J connectivity index is 2.73. The lowest BCUT2D eigenvalue weighted by molar-refractivity contribution is 0.368. The highest BCUT2D eigenvalue weighted by atomic mass is 16.5. The van der Waals surface area contributed by atoms with E-state index in [1.54, 1.807) is 7.11 Å². The lowest BCUT2D eigenvalue weighted by Gasteiger charge is -2.23. The van der Waals surface area contributed by atoms with Crippen molar-refractivity contribution in [2.75, 3.05) is 7.11 Å². The first-order chi connectivity index (χ1) is 8.22. The molecule has 1 rings (SSSR count). The van der Waals surface area contributed by atoms with Crippen LogP contribution in [0.2, 0.25) is 0 Å². The van der Waals surface area contributed by atoms with Crippen molar-refractivity contribution in [3.8, 4) is 5.75 Å². The summed E-state index contributed by atoms with van der Waals surface area (Å²) in [5.74, 6) is 1.49. The summed E-state index contributed by atoms with van der Waals surface area (Å²) in [7, 11) is 1.69. The summed E-state index contributed by atoms with van der Waals surface area (Å²) in [6, 6.07) is 8.30. The lowest BCUT2D eigenvalue weighted by Crippen LogP contribution is -2.21. The van der Waals surface area contributed by atoms with E-state index in [0.717, 1.165) is 5.75 Å². The number of rotatable bonds is 7. The van der Waals surface area contributed by atoms with Gasteiger partial charge in [-0.1, -0.05) is 38.8 Å². The minimum atomic E-state index is 0.154. The van der Waals surface area contributed by atoms with Gasteiger partial charge in [-0.25, -0.2) is 0 Å². The van der Waals surface area contributed by atoms with Crippen molar-refractivity contribution in [1.82, 2.24) is 0 Å². The molecule has 0 amide bonds. The first-order valence-corrected chi connectivity index (χ1v) is 6.62. The number of methoxy groups -OCH3 is 1. The van der Waals surface area contributed by atoms with E-state index in [0.29, 0.717) is 5.92 Å². The summed E-state index contributed by atoms with van der Waals surface area (Å²) in [6.45, 7) is 4.45. The zero-order valence-electron chi connectivity index (χ0n) is 11.3. The van der Waals surface area contributed by atoms with Crippen molar-refractivity contribution in [1.29, 1.82) is 0 Å². The van der Waals surface area contributed by atoms with Crippen molar-refractivity contribution in [2.45, 2.75) is 45.6 Å². The van der Waals surface area contributed by atoms with Crippen LogP contribution in [-0.2, 0) is 0 Å². The van der Waals surface area contributed by atoms with Gasteiger partial charge in [-0.3, -0.25) is 0 Å². The second-order valence-electron chi connectivity index (χ2n) is 4.64. The van der Waals surface area contributed by atoms with E-state index < -0.39 is 0 Å². The highest BCUT2D eigenvalue weighted by Gasteiger charge is 2.17. The quantitative estimate of drug-likeness (QED) is 0.777. The largest absolute Gasteiger partial charge is 0.497 e. The van der Waals surface area contributed by atoms with Gasteiger partial charge in [0, 0.05) is 6.04 Å². The average molecular weight is 235 g/mol. The third-order valence-electron chi connectivity index (χ3n) is 3.33. The Morgan fingerprint density at radius 2 is 1.59 bits per heavy atom. The van der Waals surface area contributed by atoms with Gasteiger partial charge >= 0.3 is 0 Å². The number of ether oxygens (including phenoxy) is 1. The van der Waals surface area contributed by atoms with Crippen LogP contribution in [0.5, 0.6) is 5.75 Å². The van der Waals surface area contributed by atoms with Crippen LogP contribution in [-0.4, -0.2) is 7.11 Å². The normalized spacial score (nSPS) is 12.8. The average Bonchev–Trinajstić information content (AvgIpc) is 2.38. The highest BCUT2D eigenvalue weighted by Crippen LogP contribution is 2.28. The molecule has 0 heterocycles. The predicted molar refractivity (Wildman–Crippen MR) is 73.2 cm³/mol. The second-order valence-corrected chi connectivity index (χ2v) is 4.64. The molecule has 0 aliphatic rings. The first-order valence-electron chi connectivity index (χ1n) is 6.62. The van der Waals surface area contributed by atoms with E-state index in [2.05, 4.69) is 26.0 Å². The third-order valence-corrected chi connectivity index (χ3v) is 3.33. The molecular formula is C15H25NO. The van der Waals surface area contributed by atoms with Crippen LogP contribution >= 0.6 is 0 Å². The fourth-order valence-electron chi connectivity index (χ4n) is 2.34. The van der Waals surface area contributed by atoms with Crippen LogP contribution in [0.15, 0.2) is 24.3 Å². The zero-order valence-corrected chi connectivity index (χ0v) is 11.3. The topological polar surface area (TPSA) is 35.2 Å². The Bertz CT molecular complexity index is 301. The van der Waals surface area contributed by atoms with Crippen LogP contribution in [0.25, 0.3) is 0 Å². The maximum atomic E-state index is 6.36. The van der Waals surface area contributed by atoms with Crippen LogP contribution in [0, 0.1) is 5.92 Å². The molecule has 96 valence electrons. The molecule has 1 aromatic carbocycles. The monoisotopic (exact) mass is 235 g/mol. The minimum absolute atomic E-state index is 0.154. The number of hydrogen-bond donors (Lipinski definition) is 1. The molecule has 0 fully saturated rings. The maximum absolute atomic E-state index is 6.36. The van der Waals surface area contributed by atoms with Gasteiger partial charge in [-0.2, -0.15) is 0 Å². The van der Waals surface area contributed by atoms with Gasteiger partial charge in [-0.05, 0) is 36.5 Å². The minimum Gasteiger partial charge on any atom is -0.497 e. The molecule has 0 radical (unpaired) electrons. The zero-order chi connectivity index (χ0) is 12.7. The number of benzene rings is 1. The van der Waals surface area contributed by atoms with Crippen molar-refractivity contribution in [2.24, 2.45) is 11.7 Å². The summed E-state index contributed by atoms with van der Waals surface area (Å²) in [5, 5.41) is 0. The Morgan fingerprint density at radius 1 is 1.06 bits per heavy atom. The molecule has 0 aliphatic carbocycles. The Kier molecular flexibility index (Phi) is 6.06. The van der Waals surface area contributed by atoms with Crippen molar-refractivity contribution in [3.63, 3.8) is 0 Å². The molecule has 1 unspecified atom stereocenters. The van der Waals surface area contributed by atoms with Gasteiger partial charge in [0.1, 0.15) is 5.75 Å². The SMILES string of the molecule is CCCC(CCC)C(N)c1ccc(OC)cc1. The van der Waals surface area contributed by atoms with Gasteiger partial charge in [0.05, 0.1) is 7.11 Å². The molecule has 2 heteroatoms. The Morgan fingerprint density at radius 3 is 2.00 bits per heavy atom. The van der Waals surface area contributed by atoms with Gasteiger partial charge in [0.2, 0.25) is 0 Å². The lowest BCUT2D eigenvalue weighted by atomic mass is 9.87. The number of nitrogens with two attached hydrogens (primary N) is 1. The molecule has 2 N–H and O–H groups in total.